The van der Waals surface area contributed by atoms with E-state index in [4.69, 9.17) is 10.5 Å². The van der Waals surface area contributed by atoms with Gasteiger partial charge in [-0.1, -0.05) is 42.5 Å². The van der Waals surface area contributed by atoms with E-state index >= 15 is 0 Å². The van der Waals surface area contributed by atoms with Gasteiger partial charge in [0.25, 0.3) is 0 Å². The van der Waals surface area contributed by atoms with Gasteiger partial charge in [-0.2, -0.15) is 0 Å². The number of aryl methyl sites for hydroxylation is 2. The first-order chi connectivity index (χ1) is 14.9. The molecule has 3 aromatic rings. The molecule has 0 spiro atoms. The maximum absolute atomic E-state index is 12.0. The van der Waals surface area contributed by atoms with Crippen molar-refractivity contribution in [3.63, 3.8) is 0 Å². The second kappa shape index (κ2) is 10.5. The molecule has 0 bridgehead atoms. The number of hydrogen-bond donors (Lipinski definition) is 4. The van der Waals surface area contributed by atoms with Crippen molar-refractivity contribution in [1.29, 1.82) is 0 Å². The number of amides is 2. The van der Waals surface area contributed by atoms with Crippen molar-refractivity contribution in [2.24, 2.45) is 5.73 Å². The summed E-state index contributed by atoms with van der Waals surface area (Å²) in [5, 5.41) is 15.1. The number of carbonyl (C=O) groups is 1. The Morgan fingerprint density at radius 3 is 2.26 bits per heavy atom. The van der Waals surface area contributed by atoms with Crippen molar-refractivity contribution in [2.75, 3.05) is 6.54 Å². The van der Waals surface area contributed by atoms with Crippen molar-refractivity contribution < 1.29 is 14.6 Å². The number of hydrogen-bond acceptors (Lipinski definition) is 4. The van der Waals surface area contributed by atoms with Gasteiger partial charge in [0.1, 0.15) is 17.2 Å². The van der Waals surface area contributed by atoms with Crippen LogP contribution >= 0.6 is 0 Å². The van der Waals surface area contributed by atoms with Crippen LogP contribution in [0.4, 0.5) is 4.79 Å². The average molecular weight is 420 g/mol. The second-order valence-electron chi connectivity index (χ2n) is 7.67. The fraction of sp³-hybridized carbons (Fsp3) is 0.240. The monoisotopic (exact) mass is 419 g/mol. The molecule has 6 heteroatoms. The number of nitrogens with one attached hydrogen (secondary N) is 2. The number of phenols is 1. The summed E-state index contributed by atoms with van der Waals surface area (Å²) in [4.78, 5) is 12.0. The summed E-state index contributed by atoms with van der Waals surface area (Å²) in [5.74, 6) is 1.66. The minimum absolute atomic E-state index is 0.201. The minimum Gasteiger partial charge on any atom is -0.508 e. The maximum atomic E-state index is 12.0. The van der Waals surface area contributed by atoms with Crippen LogP contribution in [0.1, 0.15) is 22.3 Å². The first-order valence-corrected chi connectivity index (χ1v) is 10.3. The second-order valence-corrected chi connectivity index (χ2v) is 7.67. The Morgan fingerprint density at radius 2 is 1.61 bits per heavy atom. The van der Waals surface area contributed by atoms with Gasteiger partial charge in [-0.3, -0.25) is 0 Å². The molecule has 0 saturated heterocycles. The molecule has 0 radical (unpaired) electrons. The zero-order chi connectivity index (χ0) is 22.2. The number of phenolic OH excluding ortho intramolecular Hbond substituents is 1. The van der Waals surface area contributed by atoms with E-state index in [1.54, 1.807) is 24.3 Å². The van der Waals surface area contributed by atoms with E-state index in [0.29, 0.717) is 25.3 Å². The van der Waals surface area contributed by atoms with E-state index in [0.717, 1.165) is 28.0 Å². The van der Waals surface area contributed by atoms with E-state index in [1.807, 2.05) is 44.2 Å². The standard InChI is InChI=1S/C25H29N3O3/c1-17-12-20(13-18(2)24(17)31-23-10-8-22(29)9-11-23)14-21(26)16-28-25(30)27-15-19-6-4-3-5-7-19/h3-13,21,29H,14-16,26H2,1-2H3,(H2,27,28,30). The molecule has 162 valence electrons. The average Bonchev–Trinajstić information content (AvgIpc) is 2.75. The lowest BCUT2D eigenvalue weighted by atomic mass is 10.0. The summed E-state index contributed by atoms with van der Waals surface area (Å²) < 4.78 is 5.99. The van der Waals surface area contributed by atoms with Crippen LogP contribution in [-0.4, -0.2) is 23.7 Å². The molecule has 6 nitrogen and oxygen atoms in total. The predicted molar refractivity (Wildman–Crippen MR) is 122 cm³/mol. The molecule has 3 aromatic carbocycles. The van der Waals surface area contributed by atoms with Crippen LogP contribution < -0.4 is 21.1 Å². The van der Waals surface area contributed by atoms with Crippen LogP contribution in [0.25, 0.3) is 0 Å². The van der Waals surface area contributed by atoms with Gasteiger partial charge in [0, 0.05) is 19.1 Å². The number of carbonyl (C=O) groups excluding carboxylic acids is 1. The highest BCUT2D eigenvalue weighted by atomic mass is 16.5. The highest BCUT2D eigenvalue weighted by molar-refractivity contribution is 5.73. The smallest absolute Gasteiger partial charge is 0.315 e. The number of urea groups is 1. The Bertz CT molecular complexity index is 981. The van der Waals surface area contributed by atoms with Crippen LogP contribution in [0.2, 0.25) is 0 Å². The topological polar surface area (TPSA) is 96.6 Å². The molecule has 3 rings (SSSR count). The van der Waals surface area contributed by atoms with E-state index in [2.05, 4.69) is 22.8 Å². The number of aromatic hydroxyl groups is 1. The molecule has 1 unspecified atom stereocenters. The van der Waals surface area contributed by atoms with Gasteiger partial charge in [0.05, 0.1) is 0 Å². The van der Waals surface area contributed by atoms with Gasteiger partial charge in [-0.05, 0) is 66.8 Å². The van der Waals surface area contributed by atoms with Crippen LogP contribution in [0, 0.1) is 13.8 Å². The largest absolute Gasteiger partial charge is 0.508 e. The molecule has 0 aliphatic rings. The lowest BCUT2D eigenvalue weighted by Crippen LogP contribution is -2.43. The lowest BCUT2D eigenvalue weighted by Gasteiger charge is -2.17. The summed E-state index contributed by atoms with van der Waals surface area (Å²) in [6, 6.07) is 20.1. The molecular formula is C25H29N3O3. The Kier molecular flexibility index (Phi) is 7.51. The normalized spacial score (nSPS) is 11.6. The van der Waals surface area contributed by atoms with Crippen LogP contribution in [0.3, 0.4) is 0 Å². The third kappa shape index (κ3) is 6.76. The van der Waals surface area contributed by atoms with Crippen LogP contribution in [0.5, 0.6) is 17.2 Å². The quantitative estimate of drug-likeness (QED) is 0.441. The molecule has 2 amide bonds. The van der Waals surface area contributed by atoms with E-state index < -0.39 is 0 Å². The first-order valence-electron chi connectivity index (χ1n) is 10.3. The molecular weight excluding hydrogens is 390 g/mol. The van der Waals surface area contributed by atoms with Crippen molar-refractivity contribution in [2.45, 2.75) is 32.9 Å². The summed E-state index contributed by atoms with van der Waals surface area (Å²) in [5.41, 5.74) is 10.4. The van der Waals surface area contributed by atoms with E-state index in [-0.39, 0.29) is 17.8 Å². The Hall–Kier alpha value is -3.51. The van der Waals surface area contributed by atoms with Crippen LogP contribution in [0.15, 0.2) is 66.7 Å². The van der Waals surface area contributed by atoms with Gasteiger partial charge >= 0.3 is 6.03 Å². The fourth-order valence-corrected chi connectivity index (χ4v) is 3.39. The highest BCUT2D eigenvalue weighted by Gasteiger charge is 2.12. The number of nitrogens with two attached hydrogens (primary N) is 1. The number of ether oxygens (including phenoxy) is 1. The van der Waals surface area contributed by atoms with Gasteiger partial charge in [0.15, 0.2) is 0 Å². The van der Waals surface area contributed by atoms with Crippen LogP contribution in [-0.2, 0) is 13.0 Å². The maximum Gasteiger partial charge on any atom is 0.315 e. The van der Waals surface area contributed by atoms with Crippen molar-refractivity contribution in [1.82, 2.24) is 10.6 Å². The molecule has 31 heavy (non-hydrogen) atoms. The van der Waals surface area contributed by atoms with Gasteiger partial charge in [-0.15, -0.1) is 0 Å². The minimum atomic E-state index is -0.232. The highest BCUT2D eigenvalue weighted by Crippen LogP contribution is 2.30. The number of rotatable bonds is 8. The first kappa shape index (κ1) is 22.2. The fourth-order valence-electron chi connectivity index (χ4n) is 3.39. The molecule has 0 aromatic heterocycles. The summed E-state index contributed by atoms with van der Waals surface area (Å²) in [6.45, 7) is 4.84. The summed E-state index contributed by atoms with van der Waals surface area (Å²) in [6.07, 6.45) is 0.639. The molecule has 0 fully saturated rings. The van der Waals surface area contributed by atoms with Crippen molar-refractivity contribution >= 4 is 6.03 Å². The van der Waals surface area contributed by atoms with Gasteiger partial charge in [0.2, 0.25) is 0 Å². The van der Waals surface area contributed by atoms with Crippen molar-refractivity contribution in [3.05, 3.63) is 89.0 Å². The van der Waals surface area contributed by atoms with E-state index in [1.165, 1.54) is 0 Å². The molecule has 0 aliphatic carbocycles. The third-order valence-corrected chi connectivity index (χ3v) is 4.90. The van der Waals surface area contributed by atoms with Gasteiger partial charge < -0.3 is 26.2 Å². The Morgan fingerprint density at radius 1 is 0.968 bits per heavy atom. The Labute approximate surface area is 183 Å². The Balaban J connectivity index is 1.50. The zero-order valence-corrected chi connectivity index (χ0v) is 17.9. The lowest BCUT2D eigenvalue weighted by molar-refractivity contribution is 0.239. The van der Waals surface area contributed by atoms with E-state index in [9.17, 15) is 9.90 Å². The molecule has 5 N–H and O–H groups in total. The molecule has 1 atom stereocenters. The SMILES string of the molecule is Cc1cc(CC(N)CNC(=O)NCc2ccccc2)cc(C)c1Oc1ccc(O)cc1. The van der Waals surface area contributed by atoms with Gasteiger partial charge in [-0.25, -0.2) is 4.79 Å². The summed E-state index contributed by atoms with van der Waals surface area (Å²) in [7, 11) is 0. The molecule has 0 aliphatic heterocycles. The summed E-state index contributed by atoms with van der Waals surface area (Å²) >= 11 is 0. The molecule has 0 heterocycles. The molecule has 0 saturated carbocycles. The zero-order valence-electron chi connectivity index (χ0n) is 17.9. The number of benzene rings is 3. The predicted octanol–water partition coefficient (Wildman–Crippen LogP) is 4.17. The van der Waals surface area contributed by atoms with Crippen molar-refractivity contribution in [3.8, 4) is 17.2 Å². The third-order valence-electron chi connectivity index (χ3n) is 4.90.